The van der Waals surface area contributed by atoms with E-state index in [4.69, 9.17) is 14.2 Å². The summed E-state index contributed by atoms with van der Waals surface area (Å²) in [6.07, 6.45) is 4.93. The molecule has 2 aliphatic heterocycles. The molecule has 1 N–H and O–H groups in total. The number of carbonyl (C=O) groups excluding carboxylic acids is 1. The summed E-state index contributed by atoms with van der Waals surface area (Å²) in [5, 5.41) is 2.86. The lowest BCUT2D eigenvalue weighted by molar-refractivity contribution is -0.119. The second kappa shape index (κ2) is 7.97. The van der Waals surface area contributed by atoms with Crippen molar-refractivity contribution in [2.45, 2.75) is 55.2 Å². The van der Waals surface area contributed by atoms with Crippen LogP contribution in [0.5, 0.6) is 17.2 Å². The third kappa shape index (κ3) is 3.69. The molecule has 2 aromatic rings. The van der Waals surface area contributed by atoms with Crippen LogP contribution in [0.25, 0.3) is 0 Å². The summed E-state index contributed by atoms with van der Waals surface area (Å²) >= 11 is 0. The Hall–Kier alpha value is -2.78. The van der Waals surface area contributed by atoms with Crippen molar-refractivity contribution in [3.05, 3.63) is 42.5 Å². The van der Waals surface area contributed by atoms with Gasteiger partial charge in [-0.2, -0.15) is 4.31 Å². The van der Waals surface area contributed by atoms with Crippen LogP contribution in [-0.4, -0.2) is 44.1 Å². The molecular formula is C23H26N2O6S. The molecule has 1 aliphatic carbocycles. The van der Waals surface area contributed by atoms with Crippen molar-refractivity contribution in [3.8, 4) is 17.2 Å². The van der Waals surface area contributed by atoms with E-state index in [9.17, 15) is 13.2 Å². The van der Waals surface area contributed by atoms with Gasteiger partial charge < -0.3 is 19.5 Å². The van der Waals surface area contributed by atoms with Gasteiger partial charge in [0.1, 0.15) is 11.8 Å². The number of methoxy groups -OCH3 is 1. The van der Waals surface area contributed by atoms with Gasteiger partial charge in [0.15, 0.2) is 11.5 Å². The maximum Gasteiger partial charge on any atom is 0.251 e. The van der Waals surface area contributed by atoms with Gasteiger partial charge in [0.05, 0.1) is 12.0 Å². The Bertz CT molecular complexity index is 1130. The summed E-state index contributed by atoms with van der Waals surface area (Å²) in [6, 6.07) is 10.7. The number of nitrogens with one attached hydrogen (secondary N) is 1. The maximum atomic E-state index is 13.2. The van der Waals surface area contributed by atoms with E-state index in [1.807, 2.05) is 0 Å². The minimum atomic E-state index is -3.80. The van der Waals surface area contributed by atoms with Crippen molar-refractivity contribution < 1.29 is 27.4 Å². The first-order valence-corrected chi connectivity index (χ1v) is 12.3. The van der Waals surface area contributed by atoms with Crippen molar-refractivity contribution >= 4 is 21.6 Å². The number of rotatable bonds is 5. The molecule has 2 heterocycles. The van der Waals surface area contributed by atoms with Crippen molar-refractivity contribution in [1.29, 1.82) is 0 Å². The predicted octanol–water partition coefficient (Wildman–Crippen LogP) is 3.53. The van der Waals surface area contributed by atoms with E-state index >= 15 is 0 Å². The lowest BCUT2D eigenvalue weighted by Gasteiger charge is -2.23. The number of hydrogen-bond donors (Lipinski definition) is 1. The van der Waals surface area contributed by atoms with Gasteiger partial charge in [0.2, 0.25) is 15.9 Å². The van der Waals surface area contributed by atoms with E-state index < -0.39 is 21.9 Å². The zero-order chi connectivity index (χ0) is 22.3. The molecular weight excluding hydrogens is 432 g/mol. The summed E-state index contributed by atoms with van der Waals surface area (Å²) in [7, 11) is -2.28. The maximum absolute atomic E-state index is 13.2. The van der Waals surface area contributed by atoms with Crippen LogP contribution >= 0.6 is 0 Å². The first-order chi connectivity index (χ1) is 15.4. The molecule has 0 bridgehead atoms. The summed E-state index contributed by atoms with van der Waals surface area (Å²) in [6.45, 7) is 0.302. The Labute approximate surface area is 187 Å². The number of amides is 1. The molecule has 9 heteroatoms. The second-order valence-corrected chi connectivity index (χ2v) is 10.3. The third-order valence-corrected chi connectivity index (χ3v) is 8.26. The third-order valence-electron chi connectivity index (χ3n) is 6.34. The summed E-state index contributed by atoms with van der Waals surface area (Å²) < 4.78 is 44.8. The van der Waals surface area contributed by atoms with Gasteiger partial charge in [-0.1, -0.05) is 0 Å². The number of sulfonamides is 1. The van der Waals surface area contributed by atoms with Crippen molar-refractivity contribution in [1.82, 2.24) is 4.31 Å². The monoisotopic (exact) mass is 458 g/mol. The average Bonchev–Trinajstić information content (AvgIpc) is 3.53. The second-order valence-electron chi connectivity index (χ2n) is 8.42. The molecule has 2 aromatic carbocycles. The molecule has 170 valence electrons. The normalized spacial score (nSPS) is 21.7. The van der Waals surface area contributed by atoms with Gasteiger partial charge in [0, 0.05) is 31.1 Å². The minimum Gasteiger partial charge on any atom is -0.497 e. The Morgan fingerprint density at radius 2 is 1.78 bits per heavy atom. The van der Waals surface area contributed by atoms with E-state index in [2.05, 4.69) is 5.32 Å². The molecule has 5 rings (SSSR count). The van der Waals surface area contributed by atoms with E-state index in [0.717, 1.165) is 25.7 Å². The fraction of sp³-hybridized carbons (Fsp3) is 0.435. The molecule has 1 atom stereocenters. The molecule has 1 spiro atoms. The van der Waals surface area contributed by atoms with Crippen LogP contribution in [-0.2, 0) is 14.8 Å². The lowest BCUT2D eigenvalue weighted by Crippen LogP contribution is -2.43. The van der Waals surface area contributed by atoms with Crippen LogP contribution in [0.2, 0.25) is 0 Å². The first-order valence-electron chi connectivity index (χ1n) is 10.9. The van der Waals surface area contributed by atoms with E-state index in [-0.39, 0.29) is 10.8 Å². The van der Waals surface area contributed by atoms with Crippen molar-refractivity contribution in [2.24, 2.45) is 0 Å². The molecule has 8 nitrogen and oxygen atoms in total. The first kappa shape index (κ1) is 21.1. The highest BCUT2D eigenvalue weighted by Crippen LogP contribution is 2.47. The largest absolute Gasteiger partial charge is 0.497 e. The predicted molar refractivity (Wildman–Crippen MR) is 117 cm³/mol. The number of nitrogens with zero attached hydrogens (tertiary/aromatic N) is 1. The van der Waals surface area contributed by atoms with Gasteiger partial charge in [0.25, 0.3) is 5.79 Å². The highest BCUT2D eigenvalue weighted by Gasteiger charge is 2.44. The number of carbonyl (C=O) groups is 1. The number of benzene rings is 2. The molecule has 0 aromatic heterocycles. The quantitative estimate of drug-likeness (QED) is 0.737. The van der Waals surface area contributed by atoms with E-state index in [1.165, 1.54) is 23.5 Å². The SMILES string of the molecule is COc1ccc(S(=O)(=O)N2CCC[C@@H]2C(=O)Nc2ccc3c(c2)OC2(CCCC2)O3)cc1. The van der Waals surface area contributed by atoms with Crippen LogP contribution in [0, 0.1) is 0 Å². The Kier molecular flexibility index (Phi) is 5.25. The molecule has 1 saturated heterocycles. The van der Waals surface area contributed by atoms with Crippen LogP contribution in [0.3, 0.4) is 0 Å². The van der Waals surface area contributed by atoms with Gasteiger partial charge in [-0.15, -0.1) is 0 Å². The topological polar surface area (TPSA) is 94.2 Å². The number of anilines is 1. The molecule has 1 amide bonds. The van der Waals surface area contributed by atoms with Crippen molar-refractivity contribution in [3.63, 3.8) is 0 Å². The molecule has 1 saturated carbocycles. The van der Waals surface area contributed by atoms with E-state index in [1.54, 1.807) is 30.3 Å². The molecule has 0 unspecified atom stereocenters. The molecule has 32 heavy (non-hydrogen) atoms. The summed E-state index contributed by atoms with van der Waals surface area (Å²) in [4.78, 5) is 13.2. The summed E-state index contributed by atoms with van der Waals surface area (Å²) in [5.41, 5.74) is 0.557. The minimum absolute atomic E-state index is 0.142. The van der Waals surface area contributed by atoms with Crippen LogP contribution in [0.1, 0.15) is 38.5 Å². The summed E-state index contributed by atoms with van der Waals surface area (Å²) in [5.74, 6) is 0.934. The lowest BCUT2D eigenvalue weighted by atomic mass is 10.2. The average molecular weight is 459 g/mol. The van der Waals surface area contributed by atoms with Gasteiger partial charge in [-0.05, 0) is 62.1 Å². The Morgan fingerprint density at radius 3 is 2.50 bits per heavy atom. The molecule has 0 radical (unpaired) electrons. The zero-order valence-electron chi connectivity index (χ0n) is 17.9. The number of ether oxygens (including phenoxy) is 3. The van der Waals surface area contributed by atoms with Gasteiger partial charge in [-0.3, -0.25) is 4.79 Å². The van der Waals surface area contributed by atoms with Crippen LogP contribution < -0.4 is 19.5 Å². The van der Waals surface area contributed by atoms with Crippen molar-refractivity contribution in [2.75, 3.05) is 19.0 Å². The number of fused-ring (bicyclic) bond motifs is 1. The highest BCUT2D eigenvalue weighted by molar-refractivity contribution is 7.89. The fourth-order valence-electron chi connectivity index (χ4n) is 4.69. The van der Waals surface area contributed by atoms with Gasteiger partial charge in [-0.25, -0.2) is 8.42 Å². The smallest absolute Gasteiger partial charge is 0.251 e. The number of hydrogen-bond acceptors (Lipinski definition) is 6. The highest BCUT2D eigenvalue weighted by atomic mass is 32.2. The Balaban J connectivity index is 1.31. The van der Waals surface area contributed by atoms with Crippen LogP contribution in [0.4, 0.5) is 5.69 Å². The molecule has 2 fully saturated rings. The zero-order valence-corrected chi connectivity index (χ0v) is 18.7. The van der Waals surface area contributed by atoms with Crippen LogP contribution in [0.15, 0.2) is 47.4 Å². The fourth-order valence-corrected chi connectivity index (χ4v) is 6.34. The molecule has 3 aliphatic rings. The standard InChI is InChI=1S/C23H26N2O6S/c1-29-17-7-9-18(10-8-17)32(27,28)25-14-4-5-19(25)22(26)24-16-6-11-20-21(15-16)31-23(30-20)12-2-3-13-23/h6-11,15,19H,2-5,12-14H2,1H3,(H,24,26)/t19-/m1/s1. The van der Waals surface area contributed by atoms with E-state index in [0.29, 0.717) is 42.3 Å². The van der Waals surface area contributed by atoms with Gasteiger partial charge >= 0.3 is 0 Å². The Morgan fingerprint density at radius 1 is 1.06 bits per heavy atom.